The van der Waals surface area contributed by atoms with Gasteiger partial charge in [0.2, 0.25) is 0 Å². The molecule has 126 valence electrons. The molecule has 2 aromatic heterocycles. The summed E-state index contributed by atoms with van der Waals surface area (Å²) in [6.45, 7) is 8.76. The molecule has 3 heterocycles. The van der Waals surface area contributed by atoms with Gasteiger partial charge in [-0.15, -0.1) is 0 Å². The molecule has 0 saturated carbocycles. The fraction of sp³-hybridized carbons (Fsp3) is 0.647. The predicted molar refractivity (Wildman–Crippen MR) is 88.5 cm³/mol. The lowest BCUT2D eigenvalue weighted by Gasteiger charge is -2.29. The van der Waals surface area contributed by atoms with E-state index in [0.717, 1.165) is 55.2 Å². The van der Waals surface area contributed by atoms with Crippen molar-refractivity contribution in [2.45, 2.75) is 39.7 Å². The van der Waals surface area contributed by atoms with Gasteiger partial charge < -0.3 is 15.2 Å². The highest BCUT2D eigenvalue weighted by Crippen LogP contribution is 2.32. The molecule has 0 bridgehead atoms. The van der Waals surface area contributed by atoms with Gasteiger partial charge >= 0.3 is 0 Å². The number of aliphatic hydroxyl groups is 1. The molecule has 0 aromatic carbocycles. The summed E-state index contributed by atoms with van der Waals surface area (Å²) in [4.78, 5) is 4.51. The summed E-state index contributed by atoms with van der Waals surface area (Å²) in [5, 5.41) is 17.5. The van der Waals surface area contributed by atoms with Crippen molar-refractivity contribution in [2.75, 3.05) is 26.4 Å². The normalized spacial score (nSPS) is 22.8. The van der Waals surface area contributed by atoms with Crippen LogP contribution in [0.2, 0.25) is 0 Å². The zero-order valence-electron chi connectivity index (χ0n) is 14.2. The molecule has 6 nitrogen and oxygen atoms in total. The summed E-state index contributed by atoms with van der Waals surface area (Å²) in [6.07, 6.45) is 3.72. The van der Waals surface area contributed by atoms with E-state index < -0.39 is 0 Å². The molecule has 23 heavy (non-hydrogen) atoms. The molecule has 2 aromatic rings. The molecular formula is C17H26N4O2. The molecule has 0 radical (unpaired) electrons. The summed E-state index contributed by atoms with van der Waals surface area (Å²) in [5.41, 5.74) is 4.18. The van der Waals surface area contributed by atoms with Crippen LogP contribution in [0.1, 0.15) is 42.8 Å². The Bertz CT molecular complexity index is 677. The minimum absolute atomic E-state index is 0.0523. The van der Waals surface area contributed by atoms with Crippen molar-refractivity contribution < 1.29 is 9.84 Å². The number of hydrogen-bond donors (Lipinski definition) is 2. The minimum Gasteiger partial charge on any atom is -0.396 e. The lowest BCUT2D eigenvalue weighted by molar-refractivity contribution is 0.122. The van der Waals surface area contributed by atoms with Gasteiger partial charge in [0.1, 0.15) is 0 Å². The van der Waals surface area contributed by atoms with Gasteiger partial charge in [-0.1, -0.05) is 0 Å². The van der Waals surface area contributed by atoms with Crippen LogP contribution in [-0.2, 0) is 4.74 Å². The highest BCUT2D eigenvalue weighted by atomic mass is 16.5. The molecule has 6 heteroatoms. The number of aryl methyl sites for hydroxylation is 2. The molecule has 1 aliphatic heterocycles. The van der Waals surface area contributed by atoms with Crippen molar-refractivity contribution in [1.82, 2.24) is 19.9 Å². The number of hydrogen-bond acceptors (Lipinski definition) is 5. The monoisotopic (exact) mass is 318 g/mol. The first-order valence-electron chi connectivity index (χ1n) is 8.28. The Kier molecular flexibility index (Phi) is 4.66. The highest BCUT2D eigenvalue weighted by Gasteiger charge is 2.34. The van der Waals surface area contributed by atoms with Crippen LogP contribution in [0.25, 0.3) is 5.65 Å². The van der Waals surface area contributed by atoms with Crippen LogP contribution in [0, 0.1) is 19.3 Å². The third-order valence-electron chi connectivity index (χ3n) is 4.96. The quantitative estimate of drug-likeness (QED) is 0.849. The average molecular weight is 318 g/mol. The van der Waals surface area contributed by atoms with Gasteiger partial charge in [-0.05, 0) is 33.6 Å². The zero-order valence-corrected chi connectivity index (χ0v) is 14.2. The van der Waals surface area contributed by atoms with Gasteiger partial charge in [-0.25, -0.2) is 9.50 Å². The minimum atomic E-state index is 0.0523. The summed E-state index contributed by atoms with van der Waals surface area (Å²) in [7, 11) is 0. The number of aromatic nitrogens is 3. The first kappa shape index (κ1) is 16.4. The predicted octanol–water partition coefficient (Wildman–Crippen LogP) is 1.79. The van der Waals surface area contributed by atoms with Crippen LogP contribution in [0.4, 0.5) is 0 Å². The maximum absolute atomic E-state index is 9.33. The van der Waals surface area contributed by atoms with Crippen LogP contribution < -0.4 is 5.32 Å². The second-order valence-corrected chi connectivity index (χ2v) is 6.73. The van der Waals surface area contributed by atoms with Crippen molar-refractivity contribution in [1.29, 1.82) is 0 Å². The number of aliphatic hydroxyl groups excluding tert-OH is 1. The topological polar surface area (TPSA) is 71.7 Å². The Morgan fingerprint density at radius 2 is 2.30 bits per heavy atom. The molecular weight excluding hydrogens is 292 g/mol. The van der Waals surface area contributed by atoms with E-state index in [2.05, 4.69) is 29.2 Å². The van der Waals surface area contributed by atoms with Crippen molar-refractivity contribution in [3.8, 4) is 0 Å². The maximum atomic E-state index is 9.33. The van der Waals surface area contributed by atoms with Gasteiger partial charge in [0.05, 0.1) is 12.3 Å². The number of fused-ring (bicyclic) bond motifs is 1. The SMILES string of the molecule is Cc1cc2ncc(C(C)NCC3(CCO)CCOC3)c(C)n2n1. The molecule has 1 aliphatic rings. The molecule has 0 aliphatic carbocycles. The highest BCUT2D eigenvalue weighted by molar-refractivity contribution is 5.42. The Morgan fingerprint density at radius 3 is 3.00 bits per heavy atom. The van der Waals surface area contributed by atoms with Crippen molar-refractivity contribution >= 4 is 5.65 Å². The molecule has 1 saturated heterocycles. The van der Waals surface area contributed by atoms with E-state index in [4.69, 9.17) is 4.74 Å². The summed E-state index contributed by atoms with van der Waals surface area (Å²) >= 11 is 0. The van der Waals surface area contributed by atoms with Crippen LogP contribution in [0.15, 0.2) is 12.3 Å². The third-order valence-corrected chi connectivity index (χ3v) is 4.96. The van der Waals surface area contributed by atoms with Gasteiger partial charge in [-0.2, -0.15) is 5.10 Å². The molecule has 2 unspecified atom stereocenters. The molecule has 0 spiro atoms. The Hall–Kier alpha value is -1.50. The molecule has 0 amide bonds. The number of nitrogens with one attached hydrogen (secondary N) is 1. The Morgan fingerprint density at radius 1 is 1.48 bits per heavy atom. The standard InChI is InChI=1S/C17H26N4O2/c1-12-8-16-18-9-15(14(3)21(16)20-12)13(2)19-10-17(4-6-22)5-7-23-11-17/h8-9,13,19,22H,4-7,10-11H2,1-3H3. The van der Waals surface area contributed by atoms with E-state index in [1.165, 1.54) is 0 Å². The van der Waals surface area contributed by atoms with Crippen molar-refractivity contribution in [3.05, 3.63) is 29.2 Å². The van der Waals surface area contributed by atoms with Gasteiger partial charge in [-0.3, -0.25) is 0 Å². The van der Waals surface area contributed by atoms with Crippen LogP contribution in [0.5, 0.6) is 0 Å². The summed E-state index contributed by atoms with van der Waals surface area (Å²) in [5.74, 6) is 0. The largest absolute Gasteiger partial charge is 0.396 e. The van der Waals surface area contributed by atoms with Gasteiger partial charge in [0, 0.05) is 54.7 Å². The first-order valence-corrected chi connectivity index (χ1v) is 8.28. The first-order chi connectivity index (χ1) is 11.0. The molecule has 2 atom stereocenters. The van der Waals surface area contributed by atoms with Crippen LogP contribution in [0.3, 0.4) is 0 Å². The van der Waals surface area contributed by atoms with E-state index in [0.29, 0.717) is 0 Å². The fourth-order valence-electron chi connectivity index (χ4n) is 3.39. The number of nitrogens with zero attached hydrogens (tertiary/aromatic N) is 3. The second-order valence-electron chi connectivity index (χ2n) is 6.73. The summed E-state index contributed by atoms with van der Waals surface area (Å²) < 4.78 is 7.47. The van der Waals surface area contributed by atoms with Crippen LogP contribution >= 0.6 is 0 Å². The third kappa shape index (κ3) is 3.24. The van der Waals surface area contributed by atoms with Crippen LogP contribution in [-0.4, -0.2) is 46.1 Å². The summed E-state index contributed by atoms with van der Waals surface area (Å²) in [6, 6.07) is 2.16. The molecule has 1 fully saturated rings. The molecule has 3 rings (SSSR count). The van der Waals surface area contributed by atoms with Crippen molar-refractivity contribution in [3.63, 3.8) is 0 Å². The zero-order chi connectivity index (χ0) is 16.4. The second kappa shape index (κ2) is 6.55. The Balaban J connectivity index is 1.75. The maximum Gasteiger partial charge on any atom is 0.155 e. The van der Waals surface area contributed by atoms with Crippen molar-refractivity contribution in [2.24, 2.45) is 5.41 Å². The molecule has 2 N–H and O–H groups in total. The van der Waals surface area contributed by atoms with Gasteiger partial charge in [0.25, 0.3) is 0 Å². The van der Waals surface area contributed by atoms with E-state index in [1.807, 2.05) is 23.7 Å². The van der Waals surface area contributed by atoms with E-state index >= 15 is 0 Å². The van der Waals surface area contributed by atoms with E-state index in [9.17, 15) is 5.11 Å². The van der Waals surface area contributed by atoms with Gasteiger partial charge in [0.15, 0.2) is 5.65 Å². The van der Waals surface area contributed by atoms with E-state index in [-0.39, 0.29) is 18.1 Å². The average Bonchev–Trinajstić information content (AvgIpc) is 3.13. The number of ether oxygens (including phenoxy) is 1. The number of rotatable bonds is 6. The smallest absolute Gasteiger partial charge is 0.155 e. The lowest BCUT2D eigenvalue weighted by Crippen LogP contribution is -2.37. The lowest BCUT2D eigenvalue weighted by atomic mass is 9.83. The van der Waals surface area contributed by atoms with E-state index in [1.54, 1.807) is 0 Å². The Labute approximate surface area is 136 Å². The fourth-order valence-corrected chi connectivity index (χ4v) is 3.39.